The van der Waals surface area contributed by atoms with E-state index in [4.69, 9.17) is 0 Å². The van der Waals surface area contributed by atoms with Crippen LogP contribution in [0, 0.1) is 0 Å². The highest BCUT2D eigenvalue weighted by Gasteiger charge is 2.31. The zero-order valence-electron chi connectivity index (χ0n) is 10.1. The Labute approximate surface area is 113 Å². The standard InChI is InChI=1S/C11H13N5O2S/c17-6-8-2-1-4-15(8)11(18)10-9(3-5-19-10)16-7-12-13-14-16/h3,5,7-8,17H,1-2,4,6H2/t8-/m0/s1. The van der Waals surface area contributed by atoms with Crippen LogP contribution in [0.15, 0.2) is 17.8 Å². The average molecular weight is 279 g/mol. The second-order valence-electron chi connectivity index (χ2n) is 4.37. The molecule has 7 nitrogen and oxygen atoms in total. The highest BCUT2D eigenvalue weighted by Crippen LogP contribution is 2.26. The van der Waals surface area contributed by atoms with E-state index in [0.717, 1.165) is 12.8 Å². The van der Waals surface area contributed by atoms with Gasteiger partial charge in [-0.2, -0.15) is 4.68 Å². The Morgan fingerprint density at radius 2 is 2.47 bits per heavy atom. The molecule has 100 valence electrons. The zero-order valence-corrected chi connectivity index (χ0v) is 11.0. The van der Waals surface area contributed by atoms with Crippen molar-refractivity contribution in [3.05, 3.63) is 22.7 Å². The minimum atomic E-state index is -0.0729. The van der Waals surface area contributed by atoms with Crippen LogP contribution in [0.1, 0.15) is 22.5 Å². The molecule has 1 aliphatic rings. The van der Waals surface area contributed by atoms with Gasteiger partial charge in [0.05, 0.1) is 18.3 Å². The summed E-state index contributed by atoms with van der Waals surface area (Å²) < 4.78 is 1.48. The first-order valence-electron chi connectivity index (χ1n) is 6.04. The van der Waals surface area contributed by atoms with Crippen LogP contribution in [0.2, 0.25) is 0 Å². The number of tetrazole rings is 1. The predicted molar refractivity (Wildman–Crippen MR) is 68.2 cm³/mol. The number of amides is 1. The molecule has 3 rings (SSSR count). The highest BCUT2D eigenvalue weighted by molar-refractivity contribution is 7.12. The minimum Gasteiger partial charge on any atom is -0.394 e. The fourth-order valence-corrected chi connectivity index (χ4v) is 3.17. The van der Waals surface area contributed by atoms with Gasteiger partial charge in [0.25, 0.3) is 5.91 Å². The number of nitrogens with zero attached hydrogens (tertiary/aromatic N) is 5. The van der Waals surface area contributed by atoms with Crippen molar-refractivity contribution < 1.29 is 9.90 Å². The van der Waals surface area contributed by atoms with Crippen LogP contribution in [0.5, 0.6) is 0 Å². The molecule has 1 atom stereocenters. The third kappa shape index (κ3) is 2.13. The molecule has 2 aromatic rings. The highest BCUT2D eigenvalue weighted by atomic mass is 32.1. The van der Waals surface area contributed by atoms with Crippen LogP contribution in [0.25, 0.3) is 5.69 Å². The van der Waals surface area contributed by atoms with E-state index in [2.05, 4.69) is 15.5 Å². The lowest BCUT2D eigenvalue weighted by molar-refractivity contribution is 0.0682. The number of aliphatic hydroxyl groups is 1. The second-order valence-corrected chi connectivity index (χ2v) is 5.28. The summed E-state index contributed by atoms with van der Waals surface area (Å²) in [6, 6.07) is 1.74. The molecular weight excluding hydrogens is 266 g/mol. The molecule has 19 heavy (non-hydrogen) atoms. The van der Waals surface area contributed by atoms with E-state index in [1.165, 1.54) is 22.3 Å². The molecule has 2 aromatic heterocycles. The zero-order chi connectivity index (χ0) is 13.2. The molecule has 1 fully saturated rings. The number of thiophene rings is 1. The Morgan fingerprint density at radius 3 is 3.21 bits per heavy atom. The summed E-state index contributed by atoms with van der Waals surface area (Å²) in [5.41, 5.74) is 0.684. The van der Waals surface area contributed by atoms with E-state index in [9.17, 15) is 9.90 Å². The molecule has 0 unspecified atom stereocenters. The van der Waals surface area contributed by atoms with E-state index in [0.29, 0.717) is 17.1 Å². The van der Waals surface area contributed by atoms with Gasteiger partial charge in [0.2, 0.25) is 0 Å². The lowest BCUT2D eigenvalue weighted by Crippen LogP contribution is -2.37. The quantitative estimate of drug-likeness (QED) is 0.874. The van der Waals surface area contributed by atoms with Gasteiger partial charge in [-0.05, 0) is 34.7 Å². The molecule has 0 aromatic carbocycles. The molecule has 0 radical (unpaired) electrons. The fourth-order valence-electron chi connectivity index (χ4n) is 2.34. The van der Waals surface area contributed by atoms with Crippen molar-refractivity contribution in [2.24, 2.45) is 0 Å². The van der Waals surface area contributed by atoms with Gasteiger partial charge in [-0.1, -0.05) is 0 Å². The number of carbonyl (C=O) groups is 1. The normalized spacial score (nSPS) is 19.0. The first kappa shape index (κ1) is 12.2. The molecule has 1 N–H and O–H groups in total. The van der Waals surface area contributed by atoms with Crippen molar-refractivity contribution in [2.75, 3.05) is 13.2 Å². The van der Waals surface area contributed by atoms with E-state index >= 15 is 0 Å². The maximum atomic E-state index is 12.5. The van der Waals surface area contributed by atoms with Gasteiger partial charge in [-0.3, -0.25) is 4.79 Å². The van der Waals surface area contributed by atoms with Crippen molar-refractivity contribution in [2.45, 2.75) is 18.9 Å². The lowest BCUT2D eigenvalue weighted by Gasteiger charge is -2.22. The van der Waals surface area contributed by atoms with Crippen LogP contribution < -0.4 is 0 Å². The van der Waals surface area contributed by atoms with Crippen LogP contribution >= 0.6 is 11.3 Å². The third-order valence-corrected chi connectivity index (χ3v) is 4.17. The molecule has 1 saturated heterocycles. The fraction of sp³-hybridized carbons (Fsp3) is 0.455. The molecule has 0 spiro atoms. The summed E-state index contributed by atoms with van der Waals surface area (Å²) in [7, 11) is 0. The van der Waals surface area contributed by atoms with Crippen molar-refractivity contribution >= 4 is 17.2 Å². The molecular formula is C11H13N5O2S. The van der Waals surface area contributed by atoms with Gasteiger partial charge in [-0.25, -0.2) is 0 Å². The van der Waals surface area contributed by atoms with Crippen molar-refractivity contribution in [1.82, 2.24) is 25.1 Å². The largest absolute Gasteiger partial charge is 0.394 e. The van der Waals surface area contributed by atoms with Crippen LogP contribution in [0.4, 0.5) is 0 Å². The van der Waals surface area contributed by atoms with Crippen molar-refractivity contribution in [1.29, 1.82) is 0 Å². The molecule has 0 saturated carbocycles. The van der Waals surface area contributed by atoms with Gasteiger partial charge in [0, 0.05) is 6.54 Å². The number of hydrogen-bond acceptors (Lipinski definition) is 6. The van der Waals surface area contributed by atoms with Crippen molar-refractivity contribution in [3.8, 4) is 5.69 Å². The van der Waals surface area contributed by atoms with E-state index in [1.54, 1.807) is 4.90 Å². The van der Waals surface area contributed by atoms with Crippen LogP contribution in [0.3, 0.4) is 0 Å². The first-order chi connectivity index (χ1) is 9.31. The van der Waals surface area contributed by atoms with Crippen molar-refractivity contribution in [3.63, 3.8) is 0 Å². The molecule has 1 aliphatic heterocycles. The Hall–Kier alpha value is -1.80. The van der Waals surface area contributed by atoms with E-state index in [-0.39, 0.29) is 18.6 Å². The molecule has 8 heteroatoms. The Morgan fingerprint density at radius 1 is 1.58 bits per heavy atom. The van der Waals surface area contributed by atoms with Gasteiger partial charge < -0.3 is 10.0 Å². The maximum absolute atomic E-state index is 12.5. The summed E-state index contributed by atoms with van der Waals surface area (Å²) >= 11 is 1.37. The van der Waals surface area contributed by atoms with Gasteiger partial charge in [0.15, 0.2) is 0 Å². The Kier molecular flexibility index (Phi) is 3.26. The molecule has 0 aliphatic carbocycles. The number of likely N-dealkylation sites (tertiary alicyclic amines) is 1. The molecule has 0 bridgehead atoms. The number of aliphatic hydroxyl groups excluding tert-OH is 1. The maximum Gasteiger partial charge on any atom is 0.266 e. The van der Waals surface area contributed by atoms with Gasteiger partial charge in [-0.15, -0.1) is 16.4 Å². The third-order valence-electron chi connectivity index (χ3n) is 3.28. The summed E-state index contributed by atoms with van der Waals surface area (Å²) in [6.45, 7) is 0.703. The monoisotopic (exact) mass is 279 g/mol. The number of carbonyl (C=O) groups excluding carboxylic acids is 1. The minimum absolute atomic E-state index is 0.0112. The smallest absolute Gasteiger partial charge is 0.266 e. The summed E-state index contributed by atoms with van der Waals surface area (Å²) in [5, 5.41) is 22.1. The summed E-state index contributed by atoms with van der Waals surface area (Å²) in [6.07, 6.45) is 3.25. The van der Waals surface area contributed by atoms with Crippen LogP contribution in [-0.4, -0.2) is 55.3 Å². The van der Waals surface area contributed by atoms with Gasteiger partial charge in [0.1, 0.15) is 11.2 Å². The number of hydrogen-bond donors (Lipinski definition) is 1. The van der Waals surface area contributed by atoms with Gasteiger partial charge >= 0.3 is 0 Å². The lowest BCUT2D eigenvalue weighted by atomic mass is 10.2. The number of rotatable bonds is 3. The Bertz CT molecular complexity index is 567. The molecule has 1 amide bonds. The average Bonchev–Trinajstić information content (AvgIpc) is 3.16. The Balaban J connectivity index is 1.91. The van der Waals surface area contributed by atoms with E-state index < -0.39 is 0 Å². The summed E-state index contributed by atoms with van der Waals surface area (Å²) in [5.74, 6) is -0.0583. The predicted octanol–water partition coefficient (Wildman–Crippen LogP) is 0.321. The van der Waals surface area contributed by atoms with Crippen LogP contribution in [-0.2, 0) is 0 Å². The second kappa shape index (κ2) is 5.06. The first-order valence-corrected chi connectivity index (χ1v) is 6.92. The van der Waals surface area contributed by atoms with E-state index in [1.807, 2.05) is 11.4 Å². The topological polar surface area (TPSA) is 84.1 Å². The molecule has 3 heterocycles. The number of aromatic nitrogens is 4. The summed E-state index contributed by atoms with van der Waals surface area (Å²) in [4.78, 5) is 14.9. The SMILES string of the molecule is O=C(c1sccc1-n1cnnn1)N1CCC[C@H]1CO.